The molecular weight excluding hydrogens is 198 g/mol. The average Bonchev–Trinajstić information content (AvgIpc) is 2.27. The lowest BCUT2D eigenvalue weighted by atomic mass is 10.2. The Hall–Kier alpha value is -1.90. The van der Waals surface area contributed by atoms with Gasteiger partial charge in [0.1, 0.15) is 6.54 Å². The van der Waals surface area contributed by atoms with Gasteiger partial charge in [0.05, 0.1) is 11.8 Å². The van der Waals surface area contributed by atoms with Crippen LogP contribution in [0.3, 0.4) is 0 Å². The number of nitrogens with two attached hydrogens (primary N) is 1. The van der Waals surface area contributed by atoms with Gasteiger partial charge in [0, 0.05) is 6.92 Å². The van der Waals surface area contributed by atoms with Crippen molar-refractivity contribution in [3.63, 3.8) is 0 Å². The molecule has 0 aliphatic rings. The van der Waals surface area contributed by atoms with Crippen LogP contribution in [-0.4, -0.2) is 4.98 Å². The fourth-order valence-corrected chi connectivity index (χ4v) is 1.66. The van der Waals surface area contributed by atoms with Gasteiger partial charge in [-0.2, -0.15) is 0 Å². The standard InChI is InChI=1S/C13H15N3/c1-10-8-16(11(2)15-13(10)14)9-12-6-4-3-5-7-12/h3-8,14H,9H2,1-2H3/p+1. The summed E-state index contributed by atoms with van der Waals surface area (Å²) in [5.74, 6) is 1.55. The first-order valence-corrected chi connectivity index (χ1v) is 5.34. The molecule has 0 aliphatic heterocycles. The molecule has 0 saturated carbocycles. The van der Waals surface area contributed by atoms with Crippen LogP contribution in [0.2, 0.25) is 0 Å². The summed E-state index contributed by atoms with van der Waals surface area (Å²) in [6.07, 6.45) is 2.05. The normalized spacial score (nSPS) is 10.4. The van der Waals surface area contributed by atoms with Gasteiger partial charge in [0.15, 0.2) is 0 Å². The molecule has 2 rings (SSSR count). The van der Waals surface area contributed by atoms with Crippen molar-refractivity contribution in [3.8, 4) is 0 Å². The van der Waals surface area contributed by atoms with E-state index in [1.54, 1.807) is 0 Å². The quantitative estimate of drug-likeness (QED) is 0.772. The number of aryl methyl sites for hydroxylation is 2. The Labute approximate surface area is 95.6 Å². The van der Waals surface area contributed by atoms with Gasteiger partial charge < -0.3 is 5.73 Å². The third-order valence-electron chi connectivity index (χ3n) is 2.65. The molecule has 16 heavy (non-hydrogen) atoms. The molecule has 0 unspecified atom stereocenters. The van der Waals surface area contributed by atoms with Gasteiger partial charge in [-0.15, -0.1) is 0 Å². The van der Waals surface area contributed by atoms with Gasteiger partial charge in [0.25, 0.3) is 5.82 Å². The van der Waals surface area contributed by atoms with E-state index in [2.05, 4.69) is 21.7 Å². The molecule has 1 aromatic carbocycles. The molecule has 2 aromatic rings. The molecule has 1 aromatic heterocycles. The van der Waals surface area contributed by atoms with Crippen LogP contribution in [0.5, 0.6) is 0 Å². The van der Waals surface area contributed by atoms with E-state index in [0.717, 1.165) is 17.9 Å². The van der Waals surface area contributed by atoms with Crippen LogP contribution in [0.15, 0.2) is 36.5 Å². The van der Waals surface area contributed by atoms with Crippen LogP contribution in [-0.2, 0) is 6.54 Å². The van der Waals surface area contributed by atoms with Crippen molar-refractivity contribution < 1.29 is 4.57 Å². The number of benzene rings is 1. The maximum absolute atomic E-state index is 5.76. The van der Waals surface area contributed by atoms with Crippen molar-refractivity contribution in [1.29, 1.82) is 0 Å². The number of hydrogen-bond donors (Lipinski definition) is 1. The van der Waals surface area contributed by atoms with E-state index in [9.17, 15) is 0 Å². The Morgan fingerprint density at radius 1 is 1.19 bits per heavy atom. The third kappa shape index (κ3) is 2.19. The lowest BCUT2D eigenvalue weighted by Gasteiger charge is -2.04. The van der Waals surface area contributed by atoms with Crippen molar-refractivity contribution in [2.45, 2.75) is 20.4 Å². The summed E-state index contributed by atoms with van der Waals surface area (Å²) in [7, 11) is 0. The number of nitrogens with zero attached hydrogens (tertiary/aromatic N) is 2. The number of nitrogen functional groups attached to an aromatic ring is 1. The van der Waals surface area contributed by atoms with E-state index in [1.165, 1.54) is 5.56 Å². The molecule has 1 heterocycles. The van der Waals surface area contributed by atoms with Crippen LogP contribution in [0.4, 0.5) is 5.82 Å². The smallest absolute Gasteiger partial charge is 0.298 e. The Balaban J connectivity index is 2.32. The van der Waals surface area contributed by atoms with Gasteiger partial charge in [-0.3, -0.25) is 0 Å². The van der Waals surface area contributed by atoms with Crippen LogP contribution in [0, 0.1) is 13.8 Å². The second-order valence-electron chi connectivity index (χ2n) is 3.97. The van der Waals surface area contributed by atoms with Crippen molar-refractivity contribution in [2.24, 2.45) is 0 Å². The number of aromatic nitrogens is 2. The molecule has 0 amide bonds. The van der Waals surface area contributed by atoms with Crippen LogP contribution < -0.4 is 10.3 Å². The van der Waals surface area contributed by atoms with Gasteiger partial charge in [-0.1, -0.05) is 30.3 Å². The maximum atomic E-state index is 5.76. The highest BCUT2D eigenvalue weighted by Gasteiger charge is 2.11. The summed E-state index contributed by atoms with van der Waals surface area (Å²) in [6, 6.07) is 10.3. The zero-order chi connectivity index (χ0) is 11.5. The highest BCUT2D eigenvalue weighted by atomic mass is 15.1. The molecule has 0 spiro atoms. The lowest BCUT2D eigenvalue weighted by Crippen LogP contribution is -2.39. The molecule has 2 N–H and O–H groups in total. The molecule has 0 radical (unpaired) electrons. The zero-order valence-electron chi connectivity index (χ0n) is 9.64. The van der Waals surface area contributed by atoms with Crippen molar-refractivity contribution in [2.75, 3.05) is 5.73 Å². The first-order chi connectivity index (χ1) is 7.66. The number of anilines is 1. The predicted molar refractivity (Wildman–Crippen MR) is 63.9 cm³/mol. The van der Waals surface area contributed by atoms with Crippen molar-refractivity contribution in [3.05, 3.63) is 53.5 Å². The van der Waals surface area contributed by atoms with E-state index in [4.69, 9.17) is 5.73 Å². The highest BCUT2D eigenvalue weighted by molar-refractivity contribution is 5.34. The zero-order valence-corrected chi connectivity index (χ0v) is 9.64. The van der Waals surface area contributed by atoms with E-state index >= 15 is 0 Å². The van der Waals surface area contributed by atoms with Crippen LogP contribution in [0.25, 0.3) is 0 Å². The van der Waals surface area contributed by atoms with E-state index in [1.807, 2.05) is 38.2 Å². The summed E-state index contributed by atoms with van der Waals surface area (Å²) in [5, 5.41) is 0. The highest BCUT2D eigenvalue weighted by Crippen LogP contribution is 2.04. The summed E-state index contributed by atoms with van der Waals surface area (Å²) in [4.78, 5) is 4.31. The Kier molecular flexibility index (Phi) is 2.86. The molecule has 3 heteroatoms. The Bertz CT molecular complexity index is 492. The molecule has 0 atom stereocenters. The molecule has 0 bridgehead atoms. The largest absolute Gasteiger partial charge is 0.363 e. The molecule has 3 nitrogen and oxygen atoms in total. The van der Waals surface area contributed by atoms with E-state index in [0.29, 0.717) is 5.82 Å². The fourth-order valence-electron chi connectivity index (χ4n) is 1.66. The predicted octanol–water partition coefficient (Wildman–Crippen LogP) is 1.62. The maximum Gasteiger partial charge on any atom is 0.298 e. The monoisotopic (exact) mass is 214 g/mol. The third-order valence-corrected chi connectivity index (χ3v) is 2.65. The fraction of sp³-hybridized carbons (Fsp3) is 0.231. The van der Waals surface area contributed by atoms with Gasteiger partial charge in [-0.05, 0) is 17.5 Å². The topological polar surface area (TPSA) is 42.8 Å². The number of hydrogen-bond acceptors (Lipinski definition) is 2. The SMILES string of the molecule is Cc1c[n+](Cc2ccccc2)c(C)nc1N. The second-order valence-corrected chi connectivity index (χ2v) is 3.97. The van der Waals surface area contributed by atoms with E-state index in [-0.39, 0.29) is 0 Å². The molecule has 0 aliphatic carbocycles. The first kappa shape index (κ1) is 10.6. The van der Waals surface area contributed by atoms with Crippen LogP contribution >= 0.6 is 0 Å². The minimum absolute atomic E-state index is 0.613. The Morgan fingerprint density at radius 2 is 1.88 bits per heavy atom. The first-order valence-electron chi connectivity index (χ1n) is 5.34. The summed E-state index contributed by atoms with van der Waals surface area (Å²) >= 11 is 0. The van der Waals surface area contributed by atoms with Gasteiger partial charge in [-0.25, -0.2) is 4.57 Å². The average molecular weight is 214 g/mol. The molecular formula is C13H16N3+. The Morgan fingerprint density at radius 3 is 2.56 bits per heavy atom. The van der Waals surface area contributed by atoms with Crippen molar-refractivity contribution >= 4 is 5.82 Å². The summed E-state index contributed by atoms with van der Waals surface area (Å²) in [5.41, 5.74) is 8.04. The summed E-state index contributed by atoms with van der Waals surface area (Å²) in [6.45, 7) is 4.78. The minimum Gasteiger partial charge on any atom is -0.363 e. The lowest BCUT2D eigenvalue weighted by molar-refractivity contribution is -0.697. The molecule has 82 valence electrons. The van der Waals surface area contributed by atoms with Gasteiger partial charge in [0.2, 0.25) is 5.82 Å². The van der Waals surface area contributed by atoms with E-state index < -0.39 is 0 Å². The number of rotatable bonds is 2. The van der Waals surface area contributed by atoms with Crippen LogP contribution in [0.1, 0.15) is 17.0 Å². The minimum atomic E-state index is 0.613. The van der Waals surface area contributed by atoms with Gasteiger partial charge >= 0.3 is 0 Å². The second kappa shape index (κ2) is 4.31. The summed E-state index contributed by atoms with van der Waals surface area (Å²) < 4.78 is 2.11. The molecule has 0 saturated heterocycles. The van der Waals surface area contributed by atoms with Crippen molar-refractivity contribution in [1.82, 2.24) is 4.98 Å². The molecule has 0 fully saturated rings.